The number of carboxylic acids is 1. The molecule has 0 aliphatic heterocycles. The summed E-state index contributed by atoms with van der Waals surface area (Å²) in [5.74, 6) is -0.0939. The molecule has 1 amide bonds. The number of ether oxygens (including phenoxy) is 1. The van der Waals surface area contributed by atoms with E-state index in [1.54, 1.807) is 18.2 Å². The number of aliphatic carboxylic acids is 1. The Hall–Kier alpha value is -1.76. The van der Waals surface area contributed by atoms with Crippen molar-refractivity contribution < 1.29 is 19.4 Å². The van der Waals surface area contributed by atoms with E-state index in [2.05, 4.69) is 21.2 Å². The largest absolute Gasteiger partial charge is 0.481 e. The average molecular weight is 475 g/mol. The van der Waals surface area contributed by atoms with Crippen molar-refractivity contribution in [2.24, 2.45) is 5.92 Å². The lowest BCUT2D eigenvalue weighted by Gasteiger charge is -2.13. The van der Waals surface area contributed by atoms with Crippen molar-refractivity contribution in [3.8, 4) is 11.5 Å². The molecule has 5 nitrogen and oxygen atoms in total. The zero-order chi connectivity index (χ0) is 20.1. The van der Waals surface area contributed by atoms with Gasteiger partial charge in [0.1, 0.15) is 5.75 Å². The molecule has 2 aromatic carbocycles. The van der Waals surface area contributed by atoms with Crippen LogP contribution in [-0.2, 0) is 16.0 Å². The van der Waals surface area contributed by atoms with E-state index < -0.39 is 5.97 Å². The highest BCUT2D eigenvalue weighted by molar-refractivity contribution is 9.10. The lowest BCUT2D eigenvalue weighted by atomic mass is 10.1. The topological polar surface area (TPSA) is 75.6 Å². The molecule has 0 saturated heterocycles. The Balaban J connectivity index is 2.17. The number of carbonyl (C=O) groups is 2. The van der Waals surface area contributed by atoms with E-state index in [9.17, 15) is 9.59 Å². The molecule has 8 heteroatoms. The van der Waals surface area contributed by atoms with Gasteiger partial charge in [0.05, 0.1) is 22.2 Å². The van der Waals surface area contributed by atoms with Gasteiger partial charge in [-0.15, -0.1) is 0 Å². The van der Waals surface area contributed by atoms with E-state index in [-0.39, 0.29) is 34.0 Å². The van der Waals surface area contributed by atoms with Crippen LogP contribution in [0.3, 0.4) is 0 Å². The van der Waals surface area contributed by atoms with E-state index in [0.29, 0.717) is 27.9 Å². The summed E-state index contributed by atoms with van der Waals surface area (Å²) in [5, 5.41) is 12.1. The molecule has 0 radical (unpaired) electrons. The van der Waals surface area contributed by atoms with Gasteiger partial charge >= 0.3 is 5.97 Å². The van der Waals surface area contributed by atoms with Gasteiger partial charge in [0.15, 0.2) is 5.75 Å². The second kappa shape index (κ2) is 9.44. The van der Waals surface area contributed by atoms with Crippen LogP contribution < -0.4 is 10.1 Å². The zero-order valence-electron chi connectivity index (χ0n) is 14.7. The van der Waals surface area contributed by atoms with Crippen molar-refractivity contribution >= 4 is 56.7 Å². The van der Waals surface area contributed by atoms with Gasteiger partial charge in [-0.2, -0.15) is 0 Å². The Morgan fingerprint density at radius 1 is 1.19 bits per heavy atom. The molecule has 2 rings (SSSR count). The van der Waals surface area contributed by atoms with Crippen molar-refractivity contribution in [1.82, 2.24) is 0 Å². The molecule has 0 heterocycles. The fourth-order valence-electron chi connectivity index (χ4n) is 2.34. The van der Waals surface area contributed by atoms with Gasteiger partial charge in [0, 0.05) is 10.9 Å². The Kier molecular flexibility index (Phi) is 7.53. The average Bonchev–Trinajstić information content (AvgIpc) is 2.52. The second-order valence-electron chi connectivity index (χ2n) is 6.35. The summed E-state index contributed by atoms with van der Waals surface area (Å²) in [6.45, 7) is 3.95. The third-order valence-electron chi connectivity index (χ3n) is 3.44. The Morgan fingerprint density at radius 3 is 2.33 bits per heavy atom. The molecule has 0 saturated carbocycles. The van der Waals surface area contributed by atoms with E-state index in [1.807, 2.05) is 13.8 Å². The maximum absolute atomic E-state index is 11.9. The number of benzene rings is 2. The zero-order valence-corrected chi connectivity index (χ0v) is 17.8. The predicted molar refractivity (Wildman–Crippen MR) is 110 cm³/mol. The molecule has 144 valence electrons. The maximum Gasteiger partial charge on any atom is 0.307 e. The van der Waals surface area contributed by atoms with Crippen molar-refractivity contribution in [2.45, 2.75) is 26.7 Å². The monoisotopic (exact) mass is 473 g/mol. The second-order valence-corrected chi connectivity index (χ2v) is 8.02. The molecule has 0 aliphatic carbocycles. The molecule has 0 fully saturated rings. The van der Waals surface area contributed by atoms with Crippen LogP contribution in [0.4, 0.5) is 5.69 Å². The van der Waals surface area contributed by atoms with E-state index >= 15 is 0 Å². The first-order valence-electron chi connectivity index (χ1n) is 8.12. The Labute approximate surface area is 175 Å². The minimum absolute atomic E-state index is 0.0699. The maximum atomic E-state index is 11.9. The number of carboxylic acid groups (broad SMARTS) is 1. The molecule has 2 N–H and O–H groups in total. The Morgan fingerprint density at radius 2 is 1.81 bits per heavy atom. The van der Waals surface area contributed by atoms with Crippen molar-refractivity contribution in [2.75, 3.05) is 5.32 Å². The number of anilines is 1. The number of carbonyl (C=O) groups excluding carboxylic acids is 1. The van der Waals surface area contributed by atoms with E-state index in [0.717, 1.165) is 0 Å². The van der Waals surface area contributed by atoms with Gasteiger partial charge in [-0.1, -0.05) is 37.0 Å². The molecule has 0 aromatic heterocycles. The molecule has 0 bridgehead atoms. The lowest BCUT2D eigenvalue weighted by Crippen LogP contribution is -2.14. The molecule has 0 spiro atoms. The van der Waals surface area contributed by atoms with Crippen LogP contribution in [0.15, 0.2) is 34.8 Å². The summed E-state index contributed by atoms with van der Waals surface area (Å²) in [7, 11) is 0. The minimum atomic E-state index is -0.977. The van der Waals surface area contributed by atoms with Crippen molar-refractivity contribution in [1.29, 1.82) is 0 Å². The fourth-order valence-corrected chi connectivity index (χ4v) is 3.40. The Bertz CT molecular complexity index is 848. The van der Waals surface area contributed by atoms with Gasteiger partial charge in [0.2, 0.25) is 5.91 Å². The highest BCUT2D eigenvalue weighted by Gasteiger charge is 2.14. The molecular formula is C19H18BrCl2NO4. The SMILES string of the molecule is CC(C)CC(=O)Nc1ccc(Oc2c(Cl)cc(CC(=O)O)cc2Cl)cc1Br. The number of hydrogen-bond acceptors (Lipinski definition) is 3. The van der Waals surface area contributed by atoms with Crippen LogP contribution >= 0.6 is 39.1 Å². The first kappa shape index (κ1) is 21.5. The number of nitrogens with one attached hydrogen (secondary N) is 1. The van der Waals surface area contributed by atoms with Crippen molar-refractivity contribution in [3.63, 3.8) is 0 Å². The van der Waals surface area contributed by atoms with E-state index in [4.69, 9.17) is 33.0 Å². The lowest BCUT2D eigenvalue weighted by molar-refractivity contribution is -0.136. The van der Waals surface area contributed by atoms with Crippen LogP contribution in [0.25, 0.3) is 0 Å². The summed E-state index contributed by atoms with van der Waals surface area (Å²) < 4.78 is 6.40. The highest BCUT2D eigenvalue weighted by atomic mass is 79.9. The van der Waals surface area contributed by atoms with Gasteiger partial charge in [-0.05, 0) is 57.7 Å². The third kappa shape index (κ3) is 6.41. The third-order valence-corrected chi connectivity index (χ3v) is 4.66. The molecule has 0 aliphatic rings. The molecule has 0 unspecified atom stereocenters. The van der Waals surface area contributed by atoms with Crippen LogP contribution in [0.1, 0.15) is 25.8 Å². The molecule has 0 atom stereocenters. The summed E-state index contributed by atoms with van der Waals surface area (Å²) in [4.78, 5) is 22.7. The quantitative estimate of drug-likeness (QED) is 0.503. The van der Waals surface area contributed by atoms with Crippen molar-refractivity contribution in [3.05, 3.63) is 50.4 Å². The van der Waals surface area contributed by atoms with Crippen LogP contribution in [0.2, 0.25) is 10.0 Å². The number of hydrogen-bond donors (Lipinski definition) is 2. The molecule has 27 heavy (non-hydrogen) atoms. The van der Waals surface area contributed by atoms with E-state index in [1.165, 1.54) is 12.1 Å². The van der Waals surface area contributed by atoms with Crippen LogP contribution in [0, 0.1) is 5.92 Å². The molecule has 2 aromatic rings. The van der Waals surface area contributed by atoms with Gasteiger partial charge in [-0.3, -0.25) is 9.59 Å². The van der Waals surface area contributed by atoms with Crippen LogP contribution in [-0.4, -0.2) is 17.0 Å². The van der Waals surface area contributed by atoms with Gasteiger partial charge < -0.3 is 15.2 Å². The standard InChI is InChI=1S/C19H18BrCl2NO4/c1-10(2)5-17(24)23-16-4-3-12(9-13(16)20)27-19-14(21)6-11(7-15(19)22)8-18(25)26/h3-4,6-7,9-10H,5,8H2,1-2H3,(H,23,24)(H,25,26). The normalized spacial score (nSPS) is 10.7. The minimum Gasteiger partial charge on any atom is -0.481 e. The van der Waals surface area contributed by atoms with Gasteiger partial charge in [0.25, 0.3) is 0 Å². The first-order chi connectivity index (χ1) is 12.7. The smallest absolute Gasteiger partial charge is 0.307 e. The number of rotatable bonds is 7. The summed E-state index contributed by atoms with van der Waals surface area (Å²) in [5.41, 5.74) is 1.11. The summed E-state index contributed by atoms with van der Waals surface area (Å²) in [6.07, 6.45) is 0.245. The predicted octanol–water partition coefficient (Wildman–Crippen LogP) is 6.16. The van der Waals surface area contributed by atoms with Crippen LogP contribution in [0.5, 0.6) is 11.5 Å². The highest BCUT2D eigenvalue weighted by Crippen LogP contribution is 2.39. The van der Waals surface area contributed by atoms with Gasteiger partial charge in [-0.25, -0.2) is 0 Å². The molecular weight excluding hydrogens is 457 g/mol. The summed E-state index contributed by atoms with van der Waals surface area (Å²) in [6, 6.07) is 8.08. The summed E-state index contributed by atoms with van der Waals surface area (Å²) >= 11 is 15.8. The first-order valence-corrected chi connectivity index (χ1v) is 9.67. The number of amides is 1. The number of halogens is 3. The fraction of sp³-hybridized carbons (Fsp3) is 0.263.